The van der Waals surface area contributed by atoms with Gasteiger partial charge in [-0.3, -0.25) is 36.1 Å². The van der Waals surface area contributed by atoms with E-state index in [9.17, 15) is 108 Å². The molecule has 91 heavy (non-hydrogen) atoms. The maximum absolute atomic E-state index is 11.9. The maximum atomic E-state index is 11.9. The number of quaternary nitrogens is 3. The minimum absolute atomic E-state index is 1.21. The molecule has 0 saturated heterocycles. The average molecular weight is 1400 g/mol. The van der Waals surface area contributed by atoms with Gasteiger partial charge in [-0.15, -0.1) is 0 Å². The van der Waals surface area contributed by atoms with Gasteiger partial charge in [0.15, 0.2) is 0 Å². The van der Waals surface area contributed by atoms with Crippen LogP contribution in [0.25, 0.3) is 0 Å². The Bertz CT molecular complexity index is 1900. The van der Waals surface area contributed by atoms with Crippen LogP contribution in [0.2, 0.25) is 0 Å². The molecular formula is C42H66BF18N3O27. The second-order valence-corrected chi connectivity index (χ2v) is 16.9. The number of halogens is 18. The lowest BCUT2D eigenvalue weighted by molar-refractivity contribution is -0.904. The highest BCUT2D eigenvalue weighted by Gasteiger charge is 2.83. The minimum Gasteiger partial charge on any atom is -0.907 e. The molecule has 0 aliphatic rings. The first-order valence-electron chi connectivity index (χ1n) is 23.5. The summed E-state index contributed by atoms with van der Waals surface area (Å²) in [4.78, 5) is 114. The van der Waals surface area contributed by atoms with Crippen molar-refractivity contribution in [1.82, 2.24) is 0 Å². The largest absolute Gasteiger partial charge is 0.907 e. The lowest BCUT2D eigenvalue weighted by atomic mass is 9.86. The molecule has 0 atom stereocenters. The number of hydrogen-bond donors (Lipinski definition) is 12. The summed E-state index contributed by atoms with van der Waals surface area (Å²) in [7, 11) is 3.96. The van der Waals surface area contributed by atoms with Gasteiger partial charge >= 0.3 is 125 Å². The lowest BCUT2D eigenvalue weighted by Crippen LogP contribution is -2.60. The van der Waals surface area contributed by atoms with Gasteiger partial charge in [-0.1, -0.05) is 0 Å². The summed E-state index contributed by atoms with van der Waals surface area (Å²) in [5, 5.41) is 117. The van der Waals surface area contributed by atoms with Crippen molar-refractivity contribution in [2.45, 2.75) is 99.4 Å². The molecule has 12 N–H and O–H groups in total. The zero-order chi connectivity index (χ0) is 76.9. The minimum atomic E-state index is -6.48. The number of alkyl halides is 18. The third-order valence-corrected chi connectivity index (χ3v) is 11.9. The summed E-state index contributed by atoms with van der Waals surface area (Å²) in [6.45, 7) is 31.5. The molecule has 0 heterocycles. The van der Waals surface area contributed by atoms with Gasteiger partial charge in [0.1, 0.15) is 0 Å². The first kappa shape index (κ1) is 105. The Morgan fingerprint density at radius 3 is 0.319 bits per heavy atom. The van der Waals surface area contributed by atoms with Gasteiger partial charge < -0.3 is 89.8 Å². The maximum Gasteiger partial charge on any atom is 0.424 e. The molecule has 0 spiro atoms. The second kappa shape index (κ2) is 43.1. The van der Waals surface area contributed by atoms with Crippen LogP contribution in [0.15, 0.2) is 0 Å². The van der Waals surface area contributed by atoms with Crippen LogP contribution in [0.4, 0.5) is 79.0 Å². The van der Waals surface area contributed by atoms with Crippen molar-refractivity contribution in [3.8, 4) is 0 Å². The van der Waals surface area contributed by atoms with Crippen LogP contribution in [0.5, 0.6) is 0 Å². The number of carboxylic acid groups (broad SMARTS) is 12. The van der Waals surface area contributed by atoms with Gasteiger partial charge in [-0.05, 0) is 62.3 Å². The molecular weight excluding hydrogens is 1330 g/mol. The van der Waals surface area contributed by atoms with E-state index >= 15 is 0 Å². The summed E-state index contributed by atoms with van der Waals surface area (Å²) in [5.41, 5.74) is -17.4. The van der Waals surface area contributed by atoms with Gasteiger partial charge in [0.2, 0.25) is 0 Å². The summed E-state index contributed by atoms with van der Waals surface area (Å²) in [5.74, 6) is -32.1. The van der Waals surface area contributed by atoms with E-state index in [1.54, 1.807) is 0 Å². The predicted octanol–water partition coefficient (Wildman–Crippen LogP) is 1.80. The number of carbonyl (C=O) groups is 12. The highest BCUT2D eigenvalue weighted by atomic mass is 19.4. The van der Waals surface area contributed by atoms with E-state index in [0.29, 0.717) is 0 Å². The van der Waals surface area contributed by atoms with Crippen molar-refractivity contribution in [3.05, 3.63) is 0 Å². The Morgan fingerprint density at radius 1 is 0.253 bits per heavy atom. The van der Waals surface area contributed by atoms with Gasteiger partial charge in [0.25, 0.3) is 0 Å². The van der Waals surface area contributed by atoms with Crippen molar-refractivity contribution in [1.29, 1.82) is 0 Å². The molecule has 0 aromatic carbocycles. The quantitative estimate of drug-likeness (QED) is 0.0366. The van der Waals surface area contributed by atoms with Gasteiger partial charge in [0, 0.05) is 0 Å². The van der Waals surface area contributed by atoms with Crippen LogP contribution in [0.1, 0.15) is 62.3 Å². The average Bonchev–Trinajstić information content (AvgIpc) is 0.808. The van der Waals surface area contributed by atoms with E-state index in [2.05, 4.69) is 83.5 Å². The smallest absolute Gasteiger partial charge is 0.424 e. The SMILES string of the molecule is CC[N+](C)(CC)CC.CC[N+](C)(CC)CC.CC[N+](C)(CC)CC.O=C(O)C(=O)O.O=C(O)C(=O)O.O=C(O)C(=O)O.O=C(O)C(C(=O)O)(C(F)(F)F)C(F)(F)F.O=C(O)C(C(=O)O)(C(F)(F)F)C(F)(F)F.O=C(O)C(C(=O)O)(C(F)(F)F)C(F)(F)F.[O-]B([O-])[O-]. The summed E-state index contributed by atoms with van der Waals surface area (Å²) in [6, 6.07) is 0. The van der Waals surface area contributed by atoms with Crippen LogP contribution in [-0.2, 0) is 57.5 Å². The van der Waals surface area contributed by atoms with Crippen LogP contribution in [0, 0.1) is 16.2 Å². The lowest BCUT2D eigenvalue weighted by Gasteiger charge is -2.35. The first-order valence-corrected chi connectivity index (χ1v) is 23.5. The van der Waals surface area contributed by atoms with Crippen LogP contribution in [0.3, 0.4) is 0 Å². The van der Waals surface area contributed by atoms with Crippen LogP contribution in [-0.4, -0.2) is 271 Å². The molecule has 540 valence electrons. The molecule has 0 amide bonds. The Kier molecular flexibility index (Phi) is 49.6. The van der Waals surface area contributed by atoms with Gasteiger partial charge in [-0.25, -0.2) is 28.8 Å². The fourth-order valence-corrected chi connectivity index (χ4v) is 4.22. The Labute approximate surface area is 500 Å². The molecule has 49 heteroatoms. The number of hydrogen-bond acceptors (Lipinski definition) is 15. The van der Waals surface area contributed by atoms with E-state index in [-0.39, 0.29) is 0 Å². The van der Waals surface area contributed by atoms with E-state index in [0.717, 1.165) is 0 Å². The standard InChI is InChI=1S/3C7H18N.3C5H2F6O4.3C2H2O4.BO3/c3*1-5-8(4,6-2)7-3;3*6-4(7,8)3(1(12)13,2(14)15)5(9,10)11;3*3-1(4)2(5)6;2-1(3)4/h3*5-7H2,1-4H3;3*(H,12,13)(H,14,15);3*(H,3,4)(H,5,6);/q3*+1;;;;;;;-3. The normalized spacial score (nSPS) is 11.7. The Balaban J connectivity index is -0.000000103. The molecule has 0 rings (SSSR count). The molecule has 0 aliphatic carbocycles. The van der Waals surface area contributed by atoms with Crippen molar-refractivity contribution >= 4 is 79.0 Å². The molecule has 0 bridgehead atoms. The van der Waals surface area contributed by atoms with Crippen molar-refractivity contribution < 1.29 is 226 Å². The summed E-state index contributed by atoms with van der Waals surface area (Å²) >= 11 is 0. The van der Waals surface area contributed by atoms with E-state index in [4.69, 9.17) is 105 Å². The highest BCUT2D eigenvalue weighted by Crippen LogP contribution is 2.53. The number of rotatable bonds is 15. The molecule has 0 unspecified atom stereocenters. The molecule has 0 aromatic rings. The monoisotopic (exact) mass is 1400 g/mol. The zero-order valence-corrected chi connectivity index (χ0v) is 49.1. The van der Waals surface area contributed by atoms with Gasteiger partial charge in [0.05, 0.1) is 80.0 Å². The number of carboxylic acids is 12. The highest BCUT2D eigenvalue weighted by molar-refractivity contribution is 6.28. The van der Waals surface area contributed by atoms with Crippen molar-refractivity contribution in [2.75, 3.05) is 80.0 Å². The molecule has 0 aromatic heterocycles. The van der Waals surface area contributed by atoms with Gasteiger partial charge in [-0.2, -0.15) is 79.0 Å². The number of nitrogens with zero attached hydrogens (tertiary/aromatic N) is 3. The molecule has 0 aliphatic heterocycles. The Hall–Kier alpha value is -7.80. The van der Waals surface area contributed by atoms with E-state index < -0.39 is 132 Å². The first-order chi connectivity index (χ1) is 39.9. The molecule has 0 saturated carbocycles. The van der Waals surface area contributed by atoms with Crippen LogP contribution >= 0.6 is 0 Å². The fourth-order valence-electron chi connectivity index (χ4n) is 4.22. The Morgan fingerprint density at radius 2 is 0.319 bits per heavy atom. The third kappa shape index (κ3) is 36.0. The predicted molar refractivity (Wildman–Crippen MR) is 254 cm³/mol. The zero-order valence-electron chi connectivity index (χ0n) is 49.1. The number of aliphatic carboxylic acids is 12. The fraction of sp³-hybridized carbons (Fsp3) is 0.714. The summed E-state index contributed by atoms with van der Waals surface area (Å²) < 4.78 is 218. The third-order valence-electron chi connectivity index (χ3n) is 11.9. The molecule has 0 radical (unpaired) electrons. The second-order valence-electron chi connectivity index (χ2n) is 16.9. The topological polar surface area (TPSA) is 517 Å². The van der Waals surface area contributed by atoms with Crippen LogP contribution < -0.4 is 15.1 Å². The van der Waals surface area contributed by atoms with Crippen molar-refractivity contribution in [3.63, 3.8) is 0 Å². The molecule has 30 nitrogen and oxygen atoms in total. The molecule has 0 fully saturated rings. The van der Waals surface area contributed by atoms with E-state index in [1.165, 1.54) is 72.4 Å². The summed E-state index contributed by atoms with van der Waals surface area (Å²) in [6.07, 6.45) is -38.9. The van der Waals surface area contributed by atoms with Crippen molar-refractivity contribution in [2.24, 2.45) is 16.2 Å². The van der Waals surface area contributed by atoms with E-state index in [1.807, 2.05) is 0 Å².